The van der Waals surface area contributed by atoms with Crippen LogP contribution in [0.3, 0.4) is 0 Å². The number of alkyl halides is 3. The van der Waals surface area contributed by atoms with Crippen molar-refractivity contribution in [3.63, 3.8) is 0 Å². The number of carbonyl (C=O) groups is 2. The number of anilines is 1. The molecule has 1 N–H and O–H groups in total. The number of hydrogen-bond acceptors (Lipinski definition) is 4. The van der Waals surface area contributed by atoms with Crippen LogP contribution in [0.15, 0.2) is 83.8 Å². The summed E-state index contributed by atoms with van der Waals surface area (Å²) in [7, 11) is -4.53. The van der Waals surface area contributed by atoms with E-state index in [-0.39, 0.29) is 29.5 Å². The van der Waals surface area contributed by atoms with Gasteiger partial charge < -0.3 is 10.2 Å². The van der Waals surface area contributed by atoms with Crippen molar-refractivity contribution >= 4 is 27.5 Å². The van der Waals surface area contributed by atoms with E-state index in [2.05, 4.69) is 5.32 Å². The molecule has 12 heteroatoms. The van der Waals surface area contributed by atoms with Gasteiger partial charge in [-0.3, -0.25) is 13.9 Å². The minimum atomic E-state index is -4.77. The first kappa shape index (κ1) is 32.6. The molecule has 0 heterocycles. The molecule has 0 spiro atoms. The van der Waals surface area contributed by atoms with E-state index in [0.29, 0.717) is 22.5 Å². The molecule has 0 saturated carbocycles. The Morgan fingerprint density at radius 2 is 1.57 bits per heavy atom. The number of hydrogen-bond donors (Lipinski definition) is 1. The van der Waals surface area contributed by atoms with Crippen molar-refractivity contribution in [1.29, 1.82) is 0 Å². The summed E-state index contributed by atoms with van der Waals surface area (Å²) < 4.78 is 82.4. The Balaban J connectivity index is 2.09. The van der Waals surface area contributed by atoms with Crippen LogP contribution in [-0.4, -0.2) is 44.3 Å². The Hall–Kier alpha value is -3.93. The number of carbonyl (C=O) groups excluding carboxylic acids is 2. The highest BCUT2D eigenvalue weighted by atomic mass is 32.2. The minimum Gasteiger partial charge on any atom is -0.354 e. The predicted molar refractivity (Wildman–Crippen MR) is 151 cm³/mol. The summed E-state index contributed by atoms with van der Waals surface area (Å²) >= 11 is 0. The molecule has 0 aliphatic heterocycles. The van der Waals surface area contributed by atoms with Gasteiger partial charge in [0.05, 0.1) is 16.1 Å². The lowest BCUT2D eigenvalue weighted by Crippen LogP contribution is -2.52. The van der Waals surface area contributed by atoms with E-state index in [1.807, 2.05) is 13.8 Å². The first-order valence-corrected chi connectivity index (χ1v) is 14.7. The molecule has 0 fully saturated rings. The first-order valence-electron chi connectivity index (χ1n) is 13.3. The van der Waals surface area contributed by atoms with E-state index >= 15 is 0 Å². The Labute approximate surface area is 243 Å². The van der Waals surface area contributed by atoms with Gasteiger partial charge in [0.2, 0.25) is 11.8 Å². The second kappa shape index (κ2) is 13.8. The molecule has 0 radical (unpaired) electrons. The average molecular weight is 608 g/mol. The van der Waals surface area contributed by atoms with E-state index in [0.717, 1.165) is 12.1 Å². The van der Waals surface area contributed by atoms with Gasteiger partial charge in [-0.1, -0.05) is 57.2 Å². The molecular formula is C30H33F4N3O4S. The standard InChI is InChI=1S/C30H33F4N3O4S/c1-4-27(29(39)35-18-21(2)3)36(19-22-13-15-24(31)16-14-22)28(38)20-37(42(40,41)26-11-6-5-7-12-26)25-10-8-9-23(17-25)30(32,33)34/h5-17,21,27H,4,18-20H2,1-3H3,(H,35,39)/t27-/m0/s1. The molecule has 0 bridgehead atoms. The van der Waals surface area contributed by atoms with Crippen LogP contribution in [0.5, 0.6) is 0 Å². The third kappa shape index (κ3) is 8.31. The quantitative estimate of drug-likeness (QED) is 0.271. The van der Waals surface area contributed by atoms with Crippen LogP contribution in [-0.2, 0) is 32.3 Å². The molecular weight excluding hydrogens is 574 g/mol. The zero-order valence-electron chi connectivity index (χ0n) is 23.4. The van der Waals surface area contributed by atoms with Crippen LogP contribution >= 0.6 is 0 Å². The lowest BCUT2D eigenvalue weighted by molar-refractivity contribution is -0.140. The van der Waals surface area contributed by atoms with Crippen molar-refractivity contribution in [3.8, 4) is 0 Å². The van der Waals surface area contributed by atoms with Crippen LogP contribution in [0.4, 0.5) is 23.2 Å². The first-order chi connectivity index (χ1) is 19.7. The molecule has 3 aromatic carbocycles. The lowest BCUT2D eigenvalue weighted by Gasteiger charge is -2.33. The zero-order valence-corrected chi connectivity index (χ0v) is 24.3. The summed E-state index contributed by atoms with van der Waals surface area (Å²) in [6.45, 7) is 4.72. The van der Waals surface area contributed by atoms with E-state index in [4.69, 9.17) is 0 Å². The molecule has 42 heavy (non-hydrogen) atoms. The molecule has 2 amide bonds. The summed E-state index contributed by atoms with van der Waals surface area (Å²) in [5.74, 6) is -1.70. The van der Waals surface area contributed by atoms with Gasteiger partial charge in [-0.25, -0.2) is 12.8 Å². The van der Waals surface area contributed by atoms with E-state index in [1.54, 1.807) is 13.0 Å². The molecule has 226 valence electrons. The normalized spacial score (nSPS) is 12.6. The molecule has 0 aliphatic carbocycles. The van der Waals surface area contributed by atoms with Gasteiger partial charge >= 0.3 is 6.18 Å². The minimum absolute atomic E-state index is 0.111. The summed E-state index contributed by atoms with van der Waals surface area (Å²) in [5, 5.41) is 2.78. The Morgan fingerprint density at radius 3 is 2.14 bits per heavy atom. The van der Waals surface area contributed by atoms with Gasteiger partial charge in [0.15, 0.2) is 0 Å². The van der Waals surface area contributed by atoms with Crippen LogP contribution < -0.4 is 9.62 Å². The van der Waals surface area contributed by atoms with Gasteiger partial charge in [-0.15, -0.1) is 0 Å². The number of amides is 2. The second-order valence-electron chi connectivity index (χ2n) is 10.1. The van der Waals surface area contributed by atoms with Crippen LogP contribution in [0.25, 0.3) is 0 Å². The number of nitrogens with zero attached hydrogens (tertiary/aromatic N) is 2. The predicted octanol–water partition coefficient (Wildman–Crippen LogP) is 5.62. The van der Waals surface area contributed by atoms with E-state index in [9.17, 15) is 35.6 Å². The monoisotopic (exact) mass is 607 g/mol. The zero-order chi connectivity index (χ0) is 31.1. The molecule has 3 rings (SSSR count). The molecule has 0 aromatic heterocycles. The summed E-state index contributed by atoms with van der Waals surface area (Å²) in [5.41, 5.74) is -0.999. The molecule has 0 unspecified atom stereocenters. The van der Waals surface area contributed by atoms with Gasteiger partial charge in [-0.2, -0.15) is 13.2 Å². The maximum absolute atomic E-state index is 13.9. The van der Waals surface area contributed by atoms with Crippen LogP contribution in [0.1, 0.15) is 38.3 Å². The van der Waals surface area contributed by atoms with Gasteiger partial charge in [0.25, 0.3) is 10.0 Å². The number of sulfonamides is 1. The second-order valence-corrected chi connectivity index (χ2v) is 11.9. The van der Waals surface area contributed by atoms with Crippen molar-refractivity contribution < 1.29 is 35.6 Å². The highest BCUT2D eigenvalue weighted by Gasteiger charge is 2.36. The highest BCUT2D eigenvalue weighted by molar-refractivity contribution is 7.92. The summed E-state index contributed by atoms with van der Waals surface area (Å²) in [6, 6.07) is 14.9. The largest absolute Gasteiger partial charge is 0.416 e. The maximum Gasteiger partial charge on any atom is 0.416 e. The van der Waals surface area contributed by atoms with Gasteiger partial charge in [0.1, 0.15) is 18.4 Å². The van der Waals surface area contributed by atoms with Crippen molar-refractivity contribution in [2.24, 2.45) is 5.92 Å². The SMILES string of the molecule is CC[C@@H](C(=O)NCC(C)C)N(Cc1ccc(F)cc1)C(=O)CN(c1cccc(C(F)(F)F)c1)S(=O)(=O)c1ccccc1. The smallest absolute Gasteiger partial charge is 0.354 e. The van der Waals surface area contributed by atoms with Gasteiger partial charge in [-0.05, 0) is 60.4 Å². The van der Waals surface area contributed by atoms with Crippen molar-refractivity contribution in [2.75, 3.05) is 17.4 Å². The topological polar surface area (TPSA) is 86.8 Å². The third-order valence-corrected chi connectivity index (χ3v) is 8.20. The Kier molecular flexibility index (Phi) is 10.7. The molecule has 0 saturated heterocycles. The molecule has 3 aromatic rings. The molecule has 1 atom stereocenters. The number of benzene rings is 3. The number of rotatable bonds is 12. The fraction of sp³-hybridized carbons (Fsp3) is 0.333. The number of halogens is 4. The third-order valence-electron chi connectivity index (χ3n) is 6.41. The fourth-order valence-electron chi connectivity index (χ4n) is 4.21. The average Bonchev–Trinajstić information content (AvgIpc) is 2.95. The maximum atomic E-state index is 13.9. The Bertz CT molecular complexity index is 1460. The van der Waals surface area contributed by atoms with Crippen molar-refractivity contribution in [1.82, 2.24) is 10.2 Å². The summed E-state index contributed by atoms with van der Waals surface area (Å²) in [6.07, 6.45) is -4.61. The highest BCUT2D eigenvalue weighted by Crippen LogP contribution is 2.33. The molecule has 0 aliphatic rings. The fourth-order valence-corrected chi connectivity index (χ4v) is 5.64. The van der Waals surface area contributed by atoms with Gasteiger partial charge in [0, 0.05) is 13.1 Å². The van der Waals surface area contributed by atoms with E-state index in [1.165, 1.54) is 59.5 Å². The summed E-state index contributed by atoms with van der Waals surface area (Å²) in [4.78, 5) is 28.1. The lowest BCUT2D eigenvalue weighted by atomic mass is 10.1. The van der Waals surface area contributed by atoms with Crippen LogP contribution in [0.2, 0.25) is 0 Å². The number of nitrogens with one attached hydrogen (secondary N) is 1. The Morgan fingerprint density at radius 1 is 0.929 bits per heavy atom. The molecule has 7 nitrogen and oxygen atoms in total. The van der Waals surface area contributed by atoms with Crippen molar-refractivity contribution in [2.45, 2.75) is 50.9 Å². The van der Waals surface area contributed by atoms with Crippen LogP contribution in [0, 0.1) is 11.7 Å². The van der Waals surface area contributed by atoms with E-state index < -0.39 is 52.0 Å². The van der Waals surface area contributed by atoms with Crippen molar-refractivity contribution in [3.05, 3.63) is 95.8 Å².